The quantitative estimate of drug-likeness (QED) is 0.702. The molecule has 1 atom stereocenters. The summed E-state index contributed by atoms with van der Waals surface area (Å²) in [6, 6.07) is 4.63. The van der Waals surface area contributed by atoms with Crippen LogP contribution in [0.4, 0.5) is 10.5 Å². The molecule has 1 aromatic heterocycles. The van der Waals surface area contributed by atoms with Crippen molar-refractivity contribution >= 4 is 34.4 Å². The Morgan fingerprint density at radius 2 is 1.81 bits per heavy atom. The molecule has 3 heterocycles. The lowest BCUT2D eigenvalue weighted by Crippen LogP contribution is -2.50. The number of piperidine rings is 1. The summed E-state index contributed by atoms with van der Waals surface area (Å²) in [5, 5.41) is 7.67. The predicted octanol–water partition coefficient (Wildman–Crippen LogP) is 1.43. The summed E-state index contributed by atoms with van der Waals surface area (Å²) in [6.45, 7) is 7.71. The van der Waals surface area contributed by atoms with Crippen molar-refractivity contribution in [3.8, 4) is 0 Å². The number of nitrogens with one attached hydrogen (secondary N) is 1. The molecule has 0 spiro atoms. The van der Waals surface area contributed by atoms with Crippen LogP contribution in [0.5, 0.6) is 0 Å². The summed E-state index contributed by atoms with van der Waals surface area (Å²) >= 11 is 0. The maximum atomic E-state index is 13.1. The highest BCUT2D eigenvalue weighted by molar-refractivity contribution is 5.99. The molecule has 2 saturated heterocycles. The SMILES string of the molecule is CC(C)(C)OC(=O)N1CCN(c2cccc3c(=O)n(C4CCC(=O)NC4=O)ncc23)CC1. The summed E-state index contributed by atoms with van der Waals surface area (Å²) in [4.78, 5) is 52.9. The van der Waals surface area contributed by atoms with Crippen LogP contribution in [0, 0.1) is 0 Å². The first-order chi connectivity index (χ1) is 15.1. The molecule has 2 aliphatic rings. The average molecular weight is 441 g/mol. The van der Waals surface area contributed by atoms with E-state index in [0.29, 0.717) is 37.0 Å². The molecule has 10 heteroatoms. The van der Waals surface area contributed by atoms with Crippen molar-refractivity contribution in [1.82, 2.24) is 20.0 Å². The zero-order valence-electron chi connectivity index (χ0n) is 18.5. The predicted molar refractivity (Wildman–Crippen MR) is 117 cm³/mol. The molecule has 3 amide bonds. The zero-order valence-corrected chi connectivity index (χ0v) is 18.5. The molecule has 4 rings (SSSR count). The minimum absolute atomic E-state index is 0.171. The van der Waals surface area contributed by atoms with Gasteiger partial charge in [-0.3, -0.25) is 19.7 Å². The van der Waals surface area contributed by atoms with Gasteiger partial charge in [0.15, 0.2) is 0 Å². The van der Waals surface area contributed by atoms with E-state index in [1.807, 2.05) is 26.8 Å². The molecule has 2 aliphatic heterocycles. The first kappa shape index (κ1) is 21.8. The van der Waals surface area contributed by atoms with Crippen molar-refractivity contribution < 1.29 is 19.1 Å². The molecular weight excluding hydrogens is 414 g/mol. The van der Waals surface area contributed by atoms with E-state index in [1.54, 1.807) is 23.2 Å². The summed E-state index contributed by atoms with van der Waals surface area (Å²) in [5.41, 5.74) is -0.0598. The Bertz CT molecular complexity index is 1130. The Balaban J connectivity index is 1.56. The number of benzene rings is 1. The number of aromatic nitrogens is 2. The number of hydrogen-bond donors (Lipinski definition) is 1. The highest BCUT2D eigenvalue weighted by Crippen LogP contribution is 2.26. The van der Waals surface area contributed by atoms with Crippen LogP contribution in [0.2, 0.25) is 0 Å². The minimum Gasteiger partial charge on any atom is -0.444 e. The molecule has 1 N–H and O–H groups in total. The summed E-state index contributed by atoms with van der Waals surface area (Å²) in [5.74, 6) is -0.850. The van der Waals surface area contributed by atoms with E-state index in [-0.39, 0.29) is 30.4 Å². The number of carbonyl (C=O) groups is 3. The number of carbonyl (C=O) groups excluding carboxylic acids is 3. The van der Waals surface area contributed by atoms with Gasteiger partial charge in [0.2, 0.25) is 5.91 Å². The molecule has 2 fully saturated rings. The Labute approximate surface area is 185 Å². The average Bonchev–Trinajstić information content (AvgIpc) is 2.73. The lowest BCUT2D eigenvalue weighted by Gasteiger charge is -2.37. The number of piperazine rings is 1. The van der Waals surface area contributed by atoms with Gasteiger partial charge in [-0.1, -0.05) is 6.07 Å². The van der Waals surface area contributed by atoms with Crippen molar-refractivity contribution in [3.63, 3.8) is 0 Å². The van der Waals surface area contributed by atoms with Crippen LogP contribution in [0.15, 0.2) is 29.2 Å². The van der Waals surface area contributed by atoms with Gasteiger partial charge in [-0.25, -0.2) is 9.48 Å². The summed E-state index contributed by atoms with van der Waals surface area (Å²) < 4.78 is 6.61. The van der Waals surface area contributed by atoms with Crippen molar-refractivity contribution in [2.24, 2.45) is 0 Å². The molecule has 1 unspecified atom stereocenters. The molecule has 0 aliphatic carbocycles. The third-order valence-electron chi connectivity index (χ3n) is 5.61. The van der Waals surface area contributed by atoms with E-state index >= 15 is 0 Å². The van der Waals surface area contributed by atoms with Crippen molar-refractivity contribution in [1.29, 1.82) is 0 Å². The number of rotatable bonds is 2. The number of ether oxygens (including phenoxy) is 1. The zero-order chi connectivity index (χ0) is 23.0. The fraction of sp³-hybridized carbons (Fsp3) is 0.500. The number of amides is 3. The normalized spacial score (nSPS) is 19.8. The smallest absolute Gasteiger partial charge is 0.410 e. The summed E-state index contributed by atoms with van der Waals surface area (Å²) in [7, 11) is 0. The van der Waals surface area contributed by atoms with E-state index in [2.05, 4.69) is 15.3 Å². The number of nitrogens with zero attached hydrogens (tertiary/aromatic N) is 4. The molecule has 0 saturated carbocycles. The van der Waals surface area contributed by atoms with Crippen LogP contribution < -0.4 is 15.8 Å². The molecule has 2 aromatic rings. The van der Waals surface area contributed by atoms with Crippen LogP contribution in [0.25, 0.3) is 10.8 Å². The number of imide groups is 1. The highest BCUT2D eigenvalue weighted by atomic mass is 16.6. The molecule has 0 bridgehead atoms. The maximum Gasteiger partial charge on any atom is 0.410 e. The van der Waals surface area contributed by atoms with Gasteiger partial charge in [0.1, 0.15) is 11.6 Å². The second-order valence-electron chi connectivity index (χ2n) is 9.05. The fourth-order valence-electron chi connectivity index (χ4n) is 4.04. The van der Waals surface area contributed by atoms with Gasteiger partial charge in [0.25, 0.3) is 11.5 Å². The number of fused-ring (bicyclic) bond motifs is 1. The highest BCUT2D eigenvalue weighted by Gasteiger charge is 2.31. The van der Waals surface area contributed by atoms with Crippen molar-refractivity contribution in [2.75, 3.05) is 31.1 Å². The maximum absolute atomic E-state index is 13.1. The Morgan fingerprint density at radius 3 is 2.47 bits per heavy atom. The standard InChI is InChI=1S/C22H27N5O5/c1-22(2,3)32-21(31)26-11-9-25(10-12-26)16-6-4-5-14-15(16)13-23-27(20(14)30)17-7-8-18(28)24-19(17)29/h4-6,13,17H,7-12H2,1-3H3,(H,24,28,29). The third kappa shape index (κ3) is 4.30. The topological polar surface area (TPSA) is 114 Å². The largest absolute Gasteiger partial charge is 0.444 e. The first-order valence-corrected chi connectivity index (χ1v) is 10.7. The van der Waals surface area contributed by atoms with Gasteiger partial charge in [-0.2, -0.15) is 5.10 Å². The molecular formula is C22H27N5O5. The van der Waals surface area contributed by atoms with E-state index in [4.69, 9.17) is 4.74 Å². The van der Waals surface area contributed by atoms with Crippen LogP contribution >= 0.6 is 0 Å². The minimum atomic E-state index is -0.800. The van der Waals surface area contributed by atoms with E-state index in [1.165, 1.54) is 0 Å². The van der Waals surface area contributed by atoms with Crippen molar-refractivity contribution in [2.45, 2.75) is 45.3 Å². The first-order valence-electron chi connectivity index (χ1n) is 10.7. The van der Waals surface area contributed by atoms with E-state index in [9.17, 15) is 19.2 Å². The Hall–Kier alpha value is -3.43. The molecule has 32 heavy (non-hydrogen) atoms. The second kappa shape index (κ2) is 8.25. The van der Waals surface area contributed by atoms with Gasteiger partial charge in [0, 0.05) is 43.7 Å². The van der Waals surface area contributed by atoms with Gasteiger partial charge in [0.05, 0.1) is 11.6 Å². The van der Waals surface area contributed by atoms with Crippen LogP contribution in [-0.4, -0.2) is 64.4 Å². The van der Waals surface area contributed by atoms with Crippen LogP contribution in [-0.2, 0) is 14.3 Å². The molecule has 170 valence electrons. The fourth-order valence-corrected chi connectivity index (χ4v) is 4.04. The third-order valence-corrected chi connectivity index (χ3v) is 5.61. The lowest BCUT2D eigenvalue weighted by molar-refractivity contribution is -0.136. The van der Waals surface area contributed by atoms with Gasteiger partial charge in [-0.15, -0.1) is 0 Å². The van der Waals surface area contributed by atoms with Gasteiger partial charge in [-0.05, 0) is 39.3 Å². The molecule has 10 nitrogen and oxygen atoms in total. The van der Waals surface area contributed by atoms with Gasteiger partial charge < -0.3 is 14.5 Å². The summed E-state index contributed by atoms with van der Waals surface area (Å²) in [6.07, 6.45) is 1.68. The monoisotopic (exact) mass is 441 g/mol. The molecule has 0 radical (unpaired) electrons. The van der Waals surface area contributed by atoms with Crippen LogP contribution in [0.1, 0.15) is 39.7 Å². The lowest BCUT2D eigenvalue weighted by atomic mass is 10.1. The number of hydrogen-bond acceptors (Lipinski definition) is 7. The number of anilines is 1. The van der Waals surface area contributed by atoms with Crippen LogP contribution in [0.3, 0.4) is 0 Å². The van der Waals surface area contributed by atoms with Crippen molar-refractivity contribution in [3.05, 3.63) is 34.7 Å². The Morgan fingerprint density at radius 1 is 1.09 bits per heavy atom. The molecule has 1 aromatic carbocycles. The second-order valence-corrected chi connectivity index (χ2v) is 9.05. The van der Waals surface area contributed by atoms with Gasteiger partial charge >= 0.3 is 6.09 Å². The Kier molecular flexibility index (Phi) is 5.62. The van der Waals surface area contributed by atoms with E-state index in [0.717, 1.165) is 10.4 Å². The van der Waals surface area contributed by atoms with E-state index < -0.39 is 17.6 Å².